The summed E-state index contributed by atoms with van der Waals surface area (Å²) in [6.45, 7) is 0. The molecule has 3 N–H and O–H groups in total. The Hall–Kier alpha value is -1.31. The van der Waals surface area contributed by atoms with Gasteiger partial charge in [0, 0.05) is 0 Å². The van der Waals surface area contributed by atoms with Crippen LogP contribution in [0.2, 0.25) is 0 Å². The first-order valence-corrected chi connectivity index (χ1v) is 7.43. The molecule has 0 fully saturated rings. The third-order valence-corrected chi connectivity index (χ3v) is 3.51. The maximum atomic E-state index is 12.0. The Labute approximate surface area is 133 Å². The summed E-state index contributed by atoms with van der Waals surface area (Å²) in [5, 5.41) is 2.65. The predicted molar refractivity (Wildman–Crippen MR) is 84.2 cm³/mol. The Morgan fingerprint density at radius 3 is 2.65 bits per heavy atom. The van der Waals surface area contributed by atoms with E-state index < -0.39 is 6.04 Å². The molecule has 7 heteroatoms. The summed E-state index contributed by atoms with van der Waals surface area (Å²) in [7, 11) is 0. The molecule has 104 valence electrons. The van der Waals surface area contributed by atoms with Crippen molar-refractivity contribution in [2.45, 2.75) is 12.5 Å². The number of nitrogens with one attached hydrogen (secondary N) is 1. The van der Waals surface area contributed by atoms with E-state index in [-0.39, 0.29) is 5.91 Å². The van der Waals surface area contributed by atoms with Crippen molar-refractivity contribution in [3.63, 3.8) is 0 Å². The molecule has 0 radical (unpaired) electrons. The fraction of sp³-hybridized carbons (Fsp3) is 0.154. The first-order chi connectivity index (χ1) is 9.56. The summed E-state index contributed by atoms with van der Waals surface area (Å²) in [6.07, 6.45) is 1.97. The quantitative estimate of drug-likeness (QED) is 0.827. The zero-order valence-corrected chi connectivity index (χ0v) is 13.6. The van der Waals surface area contributed by atoms with Gasteiger partial charge in [0.05, 0.1) is 12.2 Å². The molecular formula is C13H12Br2N4O. The van der Waals surface area contributed by atoms with Gasteiger partial charge in [-0.15, -0.1) is 0 Å². The van der Waals surface area contributed by atoms with E-state index in [1.54, 1.807) is 0 Å². The minimum atomic E-state index is -0.644. The second-order valence-corrected chi connectivity index (χ2v) is 5.68. The van der Waals surface area contributed by atoms with Crippen LogP contribution in [0.1, 0.15) is 5.56 Å². The van der Waals surface area contributed by atoms with E-state index >= 15 is 0 Å². The lowest BCUT2D eigenvalue weighted by atomic mass is 10.1. The van der Waals surface area contributed by atoms with Crippen LogP contribution in [0.4, 0.5) is 5.82 Å². The predicted octanol–water partition coefficient (Wildman–Crippen LogP) is 2.51. The van der Waals surface area contributed by atoms with Gasteiger partial charge < -0.3 is 11.1 Å². The molecule has 0 aliphatic carbocycles. The lowest BCUT2D eigenvalue weighted by Crippen LogP contribution is -2.37. The number of carbonyl (C=O) groups excluding carboxylic acids is 1. The van der Waals surface area contributed by atoms with Crippen LogP contribution in [0, 0.1) is 0 Å². The van der Waals surface area contributed by atoms with Crippen LogP contribution in [0.5, 0.6) is 0 Å². The zero-order chi connectivity index (χ0) is 14.5. The molecular weight excluding hydrogens is 388 g/mol. The molecule has 1 heterocycles. The lowest BCUT2D eigenvalue weighted by molar-refractivity contribution is -0.117. The molecule has 0 aliphatic rings. The molecule has 0 saturated carbocycles. The van der Waals surface area contributed by atoms with Crippen LogP contribution >= 0.6 is 31.9 Å². The van der Waals surface area contributed by atoms with E-state index in [1.807, 2.05) is 30.3 Å². The smallest absolute Gasteiger partial charge is 0.242 e. The maximum absolute atomic E-state index is 12.0. The molecule has 20 heavy (non-hydrogen) atoms. The van der Waals surface area contributed by atoms with Gasteiger partial charge in [-0.1, -0.05) is 30.3 Å². The number of hydrogen-bond donors (Lipinski definition) is 2. The van der Waals surface area contributed by atoms with Crippen molar-refractivity contribution >= 4 is 43.6 Å². The van der Waals surface area contributed by atoms with Gasteiger partial charge in [-0.05, 0) is 43.8 Å². The molecule has 2 aromatic rings. The highest BCUT2D eigenvalue weighted by Gasteiger charge is 2.16. The fourth-order valence-corrected chi connectivity index (χ4v) is 2.51. The zero-order valence-electron chi connectivity index (χ0n) is 10.4. The molecule has 2 rings (SSSR count). The monoisotopic (exact) mass is 398 g/mol. The molecule has 1 aromatic heterocycles. The van der Waals surface area contributed by atoms with Gasteiger partial charge >= 0.3 is 0 Å². The van der Waals surface area contributed by atoms with Crippen molar-refractivity contribution in [2.24, 2.45) is 5.73 Å². The Balaban J connectivity index is 2.01. The van der Waals surface area contributed by atoms with Crippen molar-refractivity contribution in [1.29, 1.82) is 0 Å². The van der Waals surface area contributed by atoms with E-state index in [4.69, 9.17) is 5.73 Å². The Kier molecular flexibility index (Phi) is 5.22. The molecule has 1 atom stereocenters. The summed E-state index contributed by atoms with van der Waals surface area (Å²) >= 11 is 6.43. The van der Waals surface area contributed by atoms with Gasteiger partial charge in [0.2, 0.25) is 5.91 Å². The van der Waals surface area contributed by atoms with Crippen LogP contribution in [0.25, 0.3) is 0 Å². The largest absolute Gasteiger partial charge is 0.320 e. The van der Waals surface area contributed by atoms with Gasteiger partial charge in [-0.3, -0.25) is 4.79 Å². The first kappa shape index (κ1) is 15.1. The summed E-state index contributed by atoms with van der Waals surface area (Å²) in [4.78, 5) is 20.2. The van der Waals surface area contributed by atoms with Crippen molar-refractivity contribution in [3.8, 4) is 0 Å². The molecule has 0 bridgehead atoms. The van der Waals surface area contributed by atoms with Gasteiger partial charge in [0.15, 0.2) is 5.82 Å². The van der Waals surface area contributed by atoms with Gasteiger partial charge in [0.1, 0.15) is 9.21 Å². The summed E-state index contributed by atoms with van der Waals surface area (Å²) in [5.74, 6) is 0.0490. The number of benzene rings is 1. The number of nitrogens with zero attached hydrogens (tertiary/aromatic N) is 2. The molecule has 0 aliphatic heterocycles. The molecule has 0 spiro atoms. The van der Waals surface area contributed by atoms with Crippen molar-refractivity contribution < 1.29 is 4.79 Å². The topological polar surface area (TPSA) is 80.9 Å². The van der Waals surface area contributed by atoms with E-state index in [2.05, 4.69) is 47.1 Å². The lowest BCUT2D eigenvalue weighted by Gasteiger charge is -2.12. The number of aromatic nitrogens is 2. The normalized spacial score (nSPS) is 11.9. The maximum Gasteiger partial charge on any atom is 0.242 e. The minimum absolute atomic E-state index is 0.300. The third kappa shape index (κ3) is 4.09. The van der Waals surface area contributed by atoms with Crippen LogP contribution in [-0.4, -0.2) is 21.9 Å². The van der Waals surface area contributed by atoms with Crippen LogP contribution < -0.4 is 11.1 Å². The second-order valence-electron chi connectivity index (χ2n) is 4.12. The molecule has 0 saturated heterocycles. The number of rotatable bonds is 4. The molecule has 1 aromatic carbocycles. The summed E-state index contributed by atoms with van der Waals surface area (Å²) in [6, 6.07) is 8.97. The van der Waals surface area contributed by atoms with Crippen LogP contribution in [-0.2, 0) is 11.2 Å². The van der Waals surface area contributed by atoms with Crippen LogP contribution in [0.3, 0.4) is 0 Å². The van der Waals surface area contributed by atoms with Crippen molar-refractivity contribution in [2.75, 3.05) is 5.32 Å². The Bertz CT molecular complexity index is 607. The number of anilines is 1. The summed E-state index contributed by atoms with van der Waals surface area (Å²) in [5.41, 5.74) is 6.90. The highest BCUT2D eigenvalue weighted by molar-refractivity contribution is 9.11. The average Bonchev–Trinajstić information content (AvgIpc) is 2.43. The Morgan fingerprint density at radius 2 is 2.00 bits per heavy atom. The highest BCUT2D eigenvalue weighted by atomic mass is 79.9. The van der Waals surface area contributed by atoms with Gasteiger partial charge in [-0.25, -0.2) is 9.97 Å². The average molecular weight is 400 g/mol. The minimum Gasteiger partial charge on any atom is -0.320 e. The molecule has 5 nitrogen and oxygen atoms in total. The van der Waals surface area contributed by atoms with Gasteiger partial charge in [0.25, 0.3) is 0 Å². The number of carbonyl (C=O) groups is 1. The summed E-state index contributed by atoms with van der Waals surface area (Å²) < 4.78 is 1.03. The molecule has 1 amide bonds. The Morgan fingerprint density at radius 1 is 1.30 bits per heavy atom. The first-order valence-electron chi connectivity index (χ1n) is 5.84. The number of nitrogens with two attached hydrogens (primary N) is 1. The van der Waals surface area contributed by atoms with Crippen LogP contribution in [0.15, 0.2) is 45.7 Å². The van der Waals surface area contributed by atoms with Crippen molar-refractivity contribution in [1.82, 2.24) is 9.97 Å². The SMILES string of the molecule is NC(Cc1ccccc1)C(=O)Nc1ncc(Br)nc1Br. The number of halogens is 2. The third-order valence-electron chi connectivity index (χ3n) is 2.58. The second kappa shape index (κ2) is 6.92. The van der Waals surface area contributed by atoms with Crippen molar-refractivity contribution in [3.05, 3.63) is 51.3 Å². The van der Waals surface area contributed by atoms with Gasteiger partial charge in [-0.2, -0.15) is 0 Å². The van der Waals surface area contributed by atoms with E-state index in [1.165, 1.54) is 6.20 Å². The number of hydrogen-bond acceptors (Lipinski definition) is 4. The fourth-order valence-electron chi connectivity index (χ4n) is 1.60. The van der Waals surface area contributed by atoms with E-state index in [0.717, 1.165) is 5.56 Å². The van der Waals surface area contributed by atoms with E-state index in [0.29, 0.717) is 21.4 Å². The highest BCUT2D eigenvalue weighted by Crippen LogP contribution is 2.19. The molecule has 1 unspecified atom stereocenters. The standard InChI is InChI=1S/C13H12Br2N4O/c14-10-7-17-12(11(15)18-10)19-13(20)9(16)6-8-4-2-1-3-5-8/h1-5,7,9H,6,16H2,(H,17,19,20). The van der Waals surface area contributed by atoms with E-state index in [9.17, 15) is 4.79 Å². The number of amides is 1.